The zero-order chi connectivity index (χ0) is 12.1. The van der Waals surface area contributed by atoms with Gasteiger partial charge in [-0.3, -0.25) is 0 Å². The van der Waals surface area contributed by atoms with Crippen LogP contribution in [0, 0.1) is 16.9 Å². The van der Waals surface area contributed by atoms with Crippen molar-refractivity contribution in [3.63, 3.8) is 0 Å². The molecule has 0 spiro atoms. The van der Waals surface area contributed by atoms with Crippen LogP contribution in [0.5, 0.6) is 0 Å². The number of aromatic carboxylic acids is 1. The normalized spacial score (nSPS) is 12.3. The number of carboxylic acids is 1. The number of rotatable bonds is 1. The lowest BCUT2D eigenvalue weighted by molar-refractivity contribution is 0.0696. The van der Waals surface area contributed by atoms with Gasteiger partial charge in [-0.25, -0.2) is 4.79 Å². The minimum atomic E-state index is -0.853. The Bertz CT molecular complexity index is 440. The number of thioether (sulfide) groups is 1. The summed E-state index contributed by atoms with van der Waals surface area (Å²) in [4.78, 5) is 26.1. The molecule has 0 atom stereocenters. The topological polar surface area (TPSA) is 71.4 Å². The molecule has 0 saturated heterocycles. The molecule has 16 heavy (non-hydrogen) atoms. The number of hydrogen-bond acceptors (Lipinski definition) is 4. The van der Waals surface area contributed by atoms with E-state index < -0.39 is 5.97 Å². The third kappa shape index (κ3) is 2.30. The number of carbonyl (C=O) groups is 1. The fourth-order valence-electron chi connectivity index (χ4n) is 1.57. The van der Waals surface area contributed by atoms with Crippen LogP contribution in [-0.4, -0.2) is 16.8 Å². The predicted molar refractivity (Wildman–Crippen MR) is 64.6 cm³/mol. The fourth-order valence-corrected chi connectivity index (χ4v) is 2.49. The molecule has 0 radical (unpaired) electrons. The first kappa shape index (κ1) is 12.4. The summed E-state index contributed by atoms with van der Waals surface area (Å²) in [6.45, 7) is 1.86. The smallest absolute Gasteiger partial charge is 0.335 e. The van der Waals surface area contributed by atoms with Crippen LogP contribution < -0.4 is 0 Å². The van der Waals surface area contributed by atoms with Gasteiger partial charge in [0.05, 0.1) is 5.56 Å². The molecule has 1 aliphatic heterocycles. The Labute approximate surface area is 96.6 Å². The summed E-state index contributed by atoms with van der Waals surface area (Å²) in [7, 11) is 0. The van der Waals surface area contributed by atoms with Crippen LogP contribution in [0.15, 0.2) is 23.1 Å². The lowest BCUT2D eigenvalue weighted by Crippen LogP contribution is -2.03. The monoisotopic (exact) mass is 238 g/mol. The van der Waals surface area contributed by atoms with E-state index >= 15 is 0 Å². The molecule has 4 nitrogen and oxygen atoms in total. The summed E-state index contributed by atoms with van der Waals surface area (Å²) in [5.74, 6) is 0.119. The Kier molecular flexibility index (Phi) is 4.25. The summed E-state index contributed by atoms with van der Waals surface area (Å²) in [6, 6.07) is 3.57. The highest BCUT2D eigenvalue weighted by molar-refractivity contribution is 7.99. The Morgan fingerprint density at radius 3 is 2.69 bits per heavy atom. The predicted octanol–water partition coefficient (Wildman–Crippen LogP) is 2.88. The van der Waals surface area contributed by atoms with Gasteiger partial charge in [0, 0.05) is 20.6 Å². The van der Waals surface area contributed by atoms with Gasteiger partial charge in [0.15, 0.2) is 0 Å². The van der Waals surface area contributed by atoms with Gasteiger partial charge in [0.2, 0.25) is 0 Å². The molecule has 0 fully saturated rings. The maximum Gasteiger partial charge on any atom is 0.335 e. The van der Waals surface area contributed by atoms with Gasteiger partial charge >= 0.3 is 5.97 Å². The highest BCUT2D eigenvalue weighted by atomic mass is 32.2. The first-order valence-electron chi connectivity index (χ1n) is 4.53. The van der Waals surface area contributed by atoms with Crippen molar-refractivity contribution in [2.24, 2.45) is 0 Å². The maximum absolute atomic E-state index is 10.9. The molecule has 1 aliphatic rings. The van der Waals surface area contributed by atoms with E-state index in [1.165, 1.54) is 4.90 Å². The first-order chi connectivity index (χ1) is 7.70. The second-order valence-corrected chi connectivity index (χ2v) is 4.23. The minimum Gasteiger partial charge on any atom is -0.478 e. The summed E-state index contributed by atoms with van der Waals surface area (Å²) in [5, 5.41) is 8.94. The van der Waals surface area contributed by atoms with Crippen LogP contribution in [0.1, 0.15) is 21.5 Å². The zero-order valence-electron chi connectivity index (χ0n) is 8.60. The van der Waals surface area contributed by atoms with E-state index in [1.54, 1.807) is 17.8 Å². The average Bonchev–Trinajstić information content (AvgIpc) is 2.32. The van der Waals surface area contributed by atoms with E-state index in [4.69, 9.17) is 15.0 Å². The molecule has 1 aromatic carbocycles. The molecule has 0 bridgehead atoms. The highest BCUT2D eigenvalue weighted by Crippen LogP contribution is 2.32. The summed E-state index contributed by atoms with van der Waals surface area (Å²) < 4.78 is 0. The highest BCUT2D eigenvalue weighted by Gasteiger charge is 2.14. The molecule has 5 heteroatoms. The second-order valence-electron chi connectivity index (χ2n) is 3.17. The molecule has 0 aromatic heterocycles. The SMILES string of the molecule is Cc1c(C(=O)O)ccc2c1C=CCS2.O=O. The number of carboxylic acid groups (broad SMARTS) is 1. The molecule has 1 N–H and O–H groups in total. The summed E-state index contributed by atoms with van der Waals surface area (Å²) >= 11 is 1.74. The van der Waals surface area contributed by atoms with Crippen molar-refractivity contribution in [3.05, 3.63) is 44.8 Å². The second kappa shape index (κ2) is 5.46. The Morgan fingerprint density at radius 2 is 2.06 bits per heavy atom. The molecule has 0 aliphatic carbocycles. The Hall–Kier alpha value is -1.62. The minimum absolute atomic E-state index is 0.399. The summed E-state index contributed by atoms with van der Waals surface area (Å²) in [6.07, 6.45) is 4.07. The van der Waals surface area contributed by atoms with Crippen molar-refractivity contribution in [2.45, 2.75) is 11.8 Å². The maximum atomic E-state index is 10.9. The first-order valence-corrected chi connectivity index (χ1v) is 5.51. The van der Waals surface area contributed by atoms with E-state index in [0.717, 1.165) is 16.9 Å². The van der Waals surface area contributed by atoms with Gasteiger partial charge < -0.3 is 5.11 Å². The molecule has 0 unspecified atom stereocenters. The van der Waals surface area contributed by atoms with Crippen LogP contribution in [-0.2, 0) is 0 Å². The lowest BCUT2D eigenvalue weighted by Gasteiger charge is -2.13. The van der Waals surface area contributed by atoms with Crippen molar-refractivity contribution in [2.75, 3.05) is 5.75 Å². The molecule has 0 amide bonds. The standard InChI is InChI=1S/C11H10O2S.O2/c1-7-8-3-2-6-14-10(8)5-4-9(7)11(12)13;1-2/h2-5H,6H2,1H3,(H,12,13);. The lowest BCUT2D eigenvalue weighted by atomic mass is 10.0. The fraction of sp³-hybridized carbons (Fsp3) is 0.182. The Morgan fingerprint density at radius 1 is 1.38 bits per heavy atom. The third-order valence-corrected chi connectivity index (χ3v) is 3.35. The number of benzene rings is 1. The van der Waals surface area contributed by atoms with Crippen molar-refractivity contribution in [1.29, 1.82) is 0 Å². The van der Waals surface area contributed by atoms with Crippen molar-refractivity contribution in [1.82, 2.24) is 0 Å². The Balaban J connectivity index is 0.000000606. The van der Waals surface area contributed by atoms with Crippen LogP contribution >= 0.6 is 11.8 Å². The van der Waals surface area contributed by atoms with Crippen LogP contribution in [0.25, 0.3) is 6.08 Å². The van der Waals surface area contributed by atoms with Crippen LogP contribution in [0.4, 0.5) is 0 Å². The van der Waals surface area contributed by atoms with E-state index in [2.05, 4.69) is 6.08 Å². The van der Waals surface area contributed by atoms with Gasteiger partial charge in [-0.2, -0.15) is 0 Å². The van der Waals surface area contributed by atoms with Crippen molar-refractivity contribution in [3.8, 4) is 0 Å². The largest absolute Gasteiger partial charge is 0.478 e. The molecule has 1 aromatic rings. The van der Waals surface area contributed by atoms with E-state index in [9.17, 15) is 4.79 Å². The third-order valence-electron chi connectivity index (χ3n) is 2.32. The zero-order valence-corrected chi connectivity index (χ0v) is 9.41. The van der Waals surface area contributed by atoms with E-state index in [1.807, 2.05) is 19.1 Å². The quantitative estimate of drug-likeness (QED) is 0.814. The molecule has 1 heterocycles. The number of fused-ring (bicyclic) bond motifs is 1. The van der Waals surface area contributed by atoms with Gasteiger partial charge in [-0.1, -0.05) is 12.2 Å². The van der Waals surface area contributed by atoms with E-state index in [0.29, 0.717) is 5.56 Å². The van der Waals surface area contributed by atoms with E-state index in [-0.39, 0.29) is 0 Å². The van der Waals surface area contributed by atoms with Gasteiger partial charge in [0.1, 0.15) is 0 Å². The summed E-state index contributed by atoms with van der Waals surface area (Å²) in [5.41, 5.74) is 2.32. The molecule has 84 valence electrons. The number of hydrogen-bond donors (Lipinski definition) is 1. The van der Waals surface area contributed by atoms with Crippen LogP contribution in [0.2, 0.25) is 0 Å². The molecule has 0 saturated carbocycles. The molecule has 2 rings (SSSR count). The molecular formula is C11H10O4S. The average molecular weight is 238 g/mol. The van der Waals surface area contributed by atoms with Gasteiger partial charge in [-0.05, 0) is 30.2 Å². The van der Waals surface area contributed by atoms with Crippen molar-refractivity contribution < 1.29 is 9.90 Å². The van der Waals surface area contributed by atoms with Crippen molar-refractivity contribution >= 4 is 23.8 Å². The van der Waals surface area contributed by atoms with Crippen LogP contribution in [0.3, 0.4) is 0 Å². The van der Waals surface area contributed by atoms with Gasteiger partial charge in [0.25, 0.3) is 0 Å². The molecular weight excluding hydrogens is 228 g/mol. The van der Waals surface area contributed by atoms with Gasteiger partial charge in [-0.15, -0.1) is 11.8 Å².